The van der Waals surface area contributed by atoms with Crippen molar-refractivity contribution in [2.75, 3.05) is 6.61 Å². The minimum atomic E-state index is -0.276. The van der Waals surface area contributed by atoms with Crippen LogP contribution in [0.5, 0.6) is 5.75 Å². The van der Waals surface area contributed by atoms with Crippen LogP contribution in [0, 0.1) is 5.92 Å². The van der Waals surface area contributed by atoms with E-state index in [1.807, 2.05) is 0 Å². The van der Waals surface area contributed by atoms with Crippen molar-refractivity contribution in [2.45, 2.75) is 30.8 Å². The van der Waals surface area contributed by atoms with E-state index >= 15 is 0 Å². The maximum atomic E-state index is 12.3. The highest BCUT2D eigenvalue weighted by atomic mass is 35.5. The molecule has 0 aliphatic heterocycles. The van der Waals surface area contributed by atoms with E-state index in [2.05, 4.69) is 20.6 Å². The van der Waals surface area contributed by atoms with Crippen LogP contribution >= 0.6 is 23.2 Å². The first-order valence-corrected chi connectivity index (χ1v) is 9.65. The quantitative estimate of drug-likeness (QED) is 0.748. The van der Waals surface area contributed by atoms with Gasteiger partial charge in [-0.3, -0.25) is 14.6 Å². The molecule has 1 unspecified atom stereocenters. The lowest BCUT2D eigenvalue weighted by Gasteiger charge is -2.38. The molecular formula is C19H18Cl2N4O3. The molecule has 28 heavy (non-hydrogen) atoms. The van der Waals surface area contributed by atoms with Crippen molar-refractivity contribution in [3.05, 3.63) is 52.5 Å². The second-order valence-corrected chi connectivity index (χ2v) is 8.05. The average molecular weight is 421 g/mol. The number of nitrogens with one attached hydrogen (secondary N) is 2. The first-order chi connectivity index (χ1) is 13.4. The van der Waals surface area contributed by atoms with Crippen LogP contribution in [-0.4, -0.2) is 40.0 Å². The van der Waals surface area contributed by atoms with Gasteiger partial charge in [-0.25, -0.2) is 4.98 Å². The Morgan fingerprint density at radius 1 is 1.18 bits per heavy atom. The second kappa shape index (κ2) is 7.56. The third-order valence-electron chi connectivity index (χ3n) is 5.27. The van der Waals surface area contributed by atoms with E-state index in [0.717, 1.165) is 12.8 Å². The summed E-state index contributed by atoms with van der Waals surface area (Å²) in [5.74, 6) is 0.393. The number of hydrogen-bond acceptors (Lipinski definition) is 5. The van der Waals surface area contributed by atoms with Gasteiger partial charge in [-0.2, -0.15) is 0 Å². The summed E-state index contributed by atoms with van der Waals surface area (Å²) in [6.45, 7) is -0.111. The number of rotatable bonds is 6. The number of carbonyl (C=O) groups excluding carboxylic acids is 2. The predicted octanol–water partition coefficient (Wildman–Crippen LogP) is 2.63. The largest absolute Gasteiger partial charge is 0.484 e. The Bertz CT molecular complexity index is 903. The van der Waals surface area contributed by atoms with Crippen LogP contribution in [0.2, 0.25) is 10.0 Å². The highest BCUT2D eigenvalue weighted by Crippen LogP contribution is 2.52. The van der Waals surface area contributed by atoms with E-state index in [4.69, 9.17) is 27.9 Å². The summed E-state index contributed by atoms with van der Waals surface area (Å²) in [4.78, 5) is 32.5. The Kier molecular flexibility index (Phi) is 5.12. The topological polar surface area (TPSA) is 93.2 Å². The van der Waals surface area contributed by atoms with Crippen LogP contribution in [-0.2, 0) is 4.79 Å². The number of ether oxygens (including phenoxy) is 1. The third kappa shape index (κ3) is 3.91. The molecule has 0 saturated heterocycles. The van der Waals surface area contributed by atoms with Crippen LogP contribution in [0.1, 0.15) is 29.8 Å². The highest BCUT2D eigenvalue weighted by molar-refractivity contribution is 6.42. The van der Waals surface area contributed by atoms with Crippen molar-refractivity contribution in [3.63, 3.8) is 0 Å². The van der Waals surface area contributed by atoms with Gasteiger partial charge in [-0.1, -0.05) is 23.2 Å². The lowest BCUT2D eigenvalue weighted by molar-refractivity contribution is -0.124. The normalized spacial score (nSPS) is 24.9. The van der Waals surface area contributed by atoms with Gasteiger partial charge < -0.3 is 15.4 Å². The van der Waals surface area contributed by atoms with Crippen LogP contribution in [0.4, 0.5) is 0 Å². The standard InChI is InChI=1S/C19H18Cl2N4O3/c20-13-2-1-12(5-14(13)21)28-10-17(26)24-15-8-19(6-11(15)7-19)25-18(27)16-9-22-3-4-23-16/h1-5,9,11,15H,6-8,10H2,(H,24,26)(H,25,27). The van der Waals surface area contributed by atoms with Gasteiger partial charge in [0.2, 0.25) is 0 Å². The first-order valence-electron chi connectivity index (χ1n) is 8.90. The molecule has 5 rings (SSSR count). The molecule has 1 atom stereocenters. The van der Waals surface area contributed by atoms with Gasteiger partial charge in [0.1, 0.15) is 11.4 Å². The highest BCUT2D eigenvalue weighted by Gasteiger charge is 2.57. The van der Waals surface area contributed by atoms with E-state index in [1.165, 1.54) is 18.6 Å². The molecule has 3 aliphatic rings. The van der Waals surface area contributed by atoms with Gasteiger partial charge in [-0.05, 0) is 37.3 Å². The molecular weight excluding hydrogens is 403 g/mol. The van der Waals surface area contributed by atoms with E-state index in [-0.39, 0.29) is 30.0 Å². The molecule has 2 aromatic rings. The minimum Gasteiger partial charge on any atom is -0.484 e. The van der Waals surface area contributed by atoms with Crippen LogP contribution in [0.25, 0.3) is 0 Å². The van der Waals surface area contributed by atoms with Crippen molar-refractivity contribution in [1.82, 2.24) is 20.6 Å². The number of hydrogen-bond donors (Lipinski definition) is 2. The van der Waals surface area contributed by atoms with Gasteiger partial charge in [0.05, 0.1) is 16.2 Å². The van der Waals surface area contributed by atoms with Crippen molar-refractivity contribution < 1.29 is 14.3 Å². The molecule has 3 saturated carbocycles. The van der Waals surface area contributed by atoms with E-state index < -0.39 is 0 Å². The molecule has 9 heteroatoms. The van der Waals surface area contributed by atoms with Gasteiger partial charge in [0.15, 0.2) is 6.61 Å². The molecule has 146 valence electrons. The van der Waals surface area contributed by atoms with Crippen molar-refractivity contribution in [2.24, 2.45) is 5.92 Å². The summed E-state index contributed by atoms with van der Waals surface area (Å²) in [5.41, 5.74) is 0.0183. The first kappa shape index (κ1) is 19.0. The van der Waals surface area contributed by atoms with Crippen LogP contribution in [0.3, 0.4) is 0 Å². The second-order valence-electron chi connectivity index (χ2n) is 7.24. The van der Waals surface area contributed by atoms with Gasteiger partial charge in [0.25, 0.3) is 11.8 Å². The molecule has 1 aromatic carbocycles. The molecule has 3 aliphatic carbocycles. The molecule has 3 fully saturated rings. The minimum absolute atomic E-state index is 0.0204. The monoisotopic (exact) mass is 420 g/mol. The number of fused-ring (bicyclic) bond motifs is 1. The molecule has 0 radical (unpaired) electrons. The van der Waals surface area contributed by atoms with Crippen LogP contribution in [0.15, 0.2) is 36.8 Å². The molecule has 2 amide bonds. The molecule has 2 N–H and O–H groups in total. The van der Waals surface area contributed by atoms with Gasteiger partial charge in [0, 0.05) is 30.0 Å². The molecule has 1 aromatic heterocycles. The summed E-state index contributed by atoms with van der Waals surface area (Å²) in [6.07, 6.45) is 6.84. The molecule has 1 heterocycles. The number of benzene rings is 1. The fraction of sp³-hybridized carbons (Fsp3) is 0.368. The molecule has 7 nitrogen and oxygen atoms in total. The molecule has 2 bridgehead atoms. The lowest BCUT2D eigenvalue weighted by atomic mass is 9.76. The van der Waals surface area contributed by atoms with Gasteiger partial charge in [-0.15, -0.1) is 0 Å². The Morgan fingerprint density at radius 2 is 2.00 bits per heavy atom. The Morgan fingerprint density at radius 3 is 2.71 bits per heavy atom. The zero-order valence-corrected chi connectivity index (χ0v) is 16.3. The SMILES string of the molecule is O=C(COc1ccc(Cl)c(Cl)c1)NC1CC2(NC(=O)c3cnccn3)CC1C2. The fourth-order valence-electron chi connectivity index (χ4n) is 3.99. The Hall–Kier alpha value is -2.38. The predicted molar refractivity (Wildman–Crippen MR) is 103 cm³/mol. The summed E-state index contributed by atoms with van der Waals surface area (Å²) in [7, 11) is 0. The molecule has 0 spiro atoms. The van der Waals surface area contributed by atoms with Crippen LogP contribution < -0.4 is 15.4 Å². The summed E-state index contributed by atoms with van der Waals surface area (Å²) in [6, 6.07) is 4.87. The number of nitrogens with zero attached hydrogens (tertiary/aromatic N) is 2. The zero-order chi connectivity index (χ0) is 19.7. The Labute approximate surface area is 171 Å². The van der Waals surface area contributed by atoms with E-state index in [0.29, 0.717) is 33.8 Å². The maximum absolute atomic E-state index is 12.3. The number of carbonyl (C=O) groups is 2. The fourth-order valence-corrected chi connectivity index (χ4v) is 4.28. The number of aromatic nitrogens is 2. The number of halogens is 2. The lowest BCUT2D eigenvalue weighted by Crippen LogP contribution is -2.52. The van der Waals surface area contributed by atoms with Crippen molar-refractivity contribution in [3.8, 4) is 5.75 Å². The van der Waals surface area contributed by atoms with E-state index in [1.54, 1.807) is 18.2 Å². The maximum Gasteiger partial charge on any atom is 0.271 e. The average Bonchev–Trinajstić information content (AvgIpc) is 3.17. The van der Waals surface area contributed by atoms with Gasteiger partial charge >= 0.3 is 0 Å². The van der Waals surface area contributed by atoms with Crippen molar-refractivity contribution >= 4 is 35.0 Å². The number of amides is 2. The summed E-state index contributed by atoms with van der Waals surface area (Å²) >= 11 is 11.8. The zero-order valence-electron chi connectivity index (χ0n) is 14.8. The third-order valence-corrected chi connectivity index (χ3v) is 6.01. The van der Waals surface area contributed by atoms with E-state index in [9.17, 15) is 9.59 Å². The summed E-state index contributed by atoms with van der Waals surface area (Å²) in [5, 5.41) is 6.86. The van der Waals surface area contributed by atoms with Crippen molar-refractivity contribution in [1.29, 1.82) is 0 Å². The smallest absolute Gasteiger partial charge is 0.271 e. The summed E-state index contributed by atoms with van der Waals surface area (Å²) < 4.78 is 5.47. The Balaban J connectivity index is 1.27.